The molecule has 5 rings (SSSR count). The van der Waals surface area contributed by atoms with Gasteiger partial charge in [-0.05, 0) is 55.9 Å². The van der Waals surface area contributed by atoms with Crippen LogP contribution in [0, 0.1) is 5.92 Å². The van der Waals surface area contributed by atoms with Crippen LogP contribution in [-0.2, 0) is 24.4 Å². The van der Waals surface area contributed by atoms with Gasteiger partial charge in [-0.25, -0.2) is 0 Å². The lowest BCUT2D eigenvalue weighted by molar-refractivity contribution is -0.122. The van der Waals surface area contributed by atoms with Crippen LogP contribution in [0.1, 0.15) is 42.1 Å². The van der Waals surface area contributed by atoms with E-state index in [1.807, 2.05) is 6.07 Å². The smallest absolute Gasteiger partial charge is 0.290 e. The number of pyridine rings is 1. The molecule has 0 aliphatic carbocycles. The van der Waals surface area contributed by atoms with Crippen LogP contribution in [0.15, 0.2) is 29.2 Å². The average Bonchev–Trinajstić information content (AvgIpc) is 3.30. The fourth-order valence-corrected chi connectivity index (χ4v) is 6.59. The first kappa shape index (κ1) is 23.1. The second kappa shape index (κ2) is 10.7. The zero-order valence-electron chi connectivity index (χ0n) is 18.7. The maximum absolute atomic E-state index is 13.3. The number of aromatic amines is 1. The van der Waals surface area contributed by atoms with Crippen molar-refractivity contribution < 1.29 is 9.90 Å². The van der Waals surface area contributed by atoms with Crippen molar-refractivity contribution in [3.8, 4) is 0 Å². The Balaban J connectivity index is 0.000000775. The summed E-state index contributed by atoms with van der Waals surface area (Å²) in [6.45, 7) is 4.37. The van der Waals surface area contributed by atoms with Gasteiger partial charge >= 0.3 is 0 Å². The molecule has 0 amide bonds. The number of carboxylic acid groups (broad SMARTS) is 1. The van der Waals surface area contributed by atoms with Gasteiger partial charge in [0.1, 0.15) is 0 Å². The first-order chi connectivity index (χ1) is 15.6. The fraction of sp³-hybridized carbons (Fsp3) is 0.609. The summed E-state index contributed by atoms with van der Waals surface area (Å²) in [5.41, 5.74) is 3.45. The van der Waals surface area contributed by atoms with Crippen LogP contribution in [0.2, 0.25) is 0 Å². The summed E-state index contributed by atoms with van der Waals surface area (Å²) in [4.78, 5) is 26.5. The molecule has 2 bridgehead atoms. The van der Waals surface area contributed by atoms with E-state index in [1.54, 1.807) is 6.20 Å². The minimum atomic E-state index is -0.250. The van der Waals surface area contributed by atoms with Gasteiger partial charge in [0.25, 0.3) is 12.0 Å². The van der Waals surface area contributed by atoms with Gasteiger partial charge in [-0.2, -0.15) is 16.9 Å². The third-order valence-electron chi connectivity index (χ3n) is 6.86. The lowest BCUT2D eigenvalue weighted by Gasteiger charge is -2.46. The highest BCUT2D eigenvalue weighted by molar-refractivity contribution is 7.99. The molecule has 3 aliphatic rings. The van der Waals surface area contributed by atoms with E-state index in [4.69, 9.17) is 9.90 Å². The standard InChI is InChI=1S/C22H31N5OS.CH2O2/c1-25(15-19-4-7-23-24-19)13-17-2-3-21-18-10-16(12-27(21)22(17)28)11-26(14-18)20-5-8-29-9-6-20;2-1-3/h2-4,7,16,18,20H,5-6,8-15H2,1H3,(H,23,24);1H,(H,2,3)/t16-,18+;/m0./s1. The van der Waals surface area contributed by atoms with Crippen molar-refractivity contribution in [1.29, 1.82) is 0 Å². The number of hydrogen-bond acceptors (Lipinski definition) is 6. The second-order valence-corrected chi connectivity index (χ2v) is 10.4. The monoisotopic (exact) mass is 459 g/mol. The van der Waals surface area contributed by atoms with Crippen molar-refractivity contribution >= 4 is 18.2 Å². The minimum Gasteiger partial charge on any atom is -0.483 e. The van der Waals surface area contributed by atoms with Crippen LogP contribution in [0.3, 0.4) is 0 Å². The number of nitrogens with zero attached hydrogens (tertiary/aromatic N) is 4. The Morgan fingerprint density at radius 1 is 1.22 bits per heavy atom. The Labute approximate surface area is 193 Å². The van der Waals surface area contributed by atoms with E-state index in [2.05, 4.69) is 55.5 Å². The van der Waals surface area contributed by atoms with Gasteiger partial charge in [0.05, 0.1) is 0 Å². The van der Waals surface area contributed by atoms with Gasteiger partial charge in [-0.15, -0.1) is 0 Å². The molecule has 174 valence electrons. The summed E-state index contributed by atoms with van der Waals surface area (Å²) in [5, 5.41) is 13.9. The largest absolute Gasteiger partial charge is 0.483 e. The number of likely N-dealkylation sites (tertiary alicyclic amines) is 1. The first-order valence-electron chi connectivity index (χ1n) is 11.4. The minimum absolute atomic E-state index is 0.219. The molecule has 2 saturated heterocycles. The summed E-state index contributed by atoms with van der Waals surface area (Å²) < 4.78 is 2.10. The Morgan fingerprint density at radius 3 is 2.72 bits per heavy atom. The molecular formula is C23H33N5O3S. The summed E-state index contributed by atoms with van der Waals surface area (Å²) in [7, 11) is 2.06. The predicted molar refractivity (Wildman–Crippen MR) is 126 cm³/mol. The Kier molecular flexibility index (Phi) is 7.70. The van der Waals surface area contributed by atoms with E-state index in [0.29, 0.717) is 18.4 Å². The van der Waals surface area contributed by atoms with Gasteiger partial charge < -0.3 is 9.67 Å². The molecule has 2 N–H and O–H groups in total. The molecule has 2 atom stereocenters. The van der Waals surface area contributed by atoms with Crippen LogP contribution in [0.5, 0.6) is 0 Å². The lowest BCUT2D eigenvalue weighted by Crippen LogP contribution is -2.51. The van der Waals surface area contributed by atoms with E-state index in [9.17, 15) is 4.79 Å². The number of thioether (sulfide) groups is 1. The topological polar surface area (TPSA) is 94.5 Å². The zero-order chi connectivity index (χ0) is 22.5. The van der Waals surface area contributed by atoms with Crippen molar-refractivity contribution in [3.05, 3.63) is 51.7 Å². The Morgan fingerprint density at radius 2 is 2.00 bits per heavy atom. The number of piperidine rings is 1. The van der Waals surface area contributed by atoms with Gasteiger partial charge in [0.15, 0.2) is 0 Å². The van der Waals surface area contributed by atoms with Crippen molar-refractivity contribution in [2.45, 2.75) is 50.9 Å². The zero-order valence-corrected chi connectivity index (χ0v) is 19.5. The molecule has 32 heavy (non-hydrogen) atoms. The van der Waals surface area contributed by atoms with Crippen molar-refractivity contribution in [2.24, 2.45) is 5.92 Å². The molecule has 3 aliphatic heterocycles. The second-order valence-electron chi connectivity index (χ2n) is 9.15. The Bertz CT molecular complexity index is 942. The average molecular weight is 460 g/mol. The van der Waals surface area contributed by atoms with Gasteiger partial charge in [0, 0.05) is 67.8 Å². The molecule has 2 aromatic rings. The molecule has 0 spiro atoms. The van der Waals surface area contributed by atoms with E-state index >= 15 is 0 Å². The maximum Gasteiger partial charge on any atom is 0.290 e. The molecule has 9 heteroatoms. The molecule has 0 unspecified atom stereocenters. The lowest BCUT2D eigenvalue weighted by atomic mass is 9.82. The number of aromatic nitrogens is 3. The van der Waals surface area contributed by atoms with Crippen LogP contribution in [0.25, 0.3) is 0 Å². The molecule has 0 saturated carbocycles. The predicted octanol–water partition coefficient (Wildman–Crippen LogP) is 2.22. The molecule has 0 aromatic carbocycles. The molecular weight excluding hydrogens is 426 g/mol. The van der Waals surface area contributed by atoms with Gasteiger partial charge in [-0.3, -0.25) is 24.5 Å². The quantitative estimate of drug-likeness (QED) is 0.662. The summed E-state index contributed by atoms with van der Waals surface area (Å²) in [5.74, 6) is 3.75. The summed E-state index contributed by atoms with van der Waals surface area (Å²) in [6.07, 6.45) is 5.68. The SMILES string of the molecule is CN(Cc1ccn[nH]1)Cc1ccc2n(c1=O)C[C@H]1C[C@@H]2CN(C2CCSCC2)C1.O=CO. The third-order valence-corrected chi connectivity index (χ3v) is 7.91. The molecule has 2 aromatic heterocycles. The molecule has 2 fully saturated rings. The van der Waals surface area contributed by atoms with E-state index in [0.717, 1.165) is 36.9 Å². The number of fused-ring (bicyclic) bond motifs is 4. The number of carbonyl (C=O) groups is 1. The number of hydrogen-bond donors (Lipinski definition) is 2. The van der Waals surface area contributed by atoms with E-state index in [1.165, 1.54) is 43.0 Å². The van der Waals surface area contributed by atoms with Crippen molar-refractivity contribution in [3.63, 3.8) is 0 Å². The van der Waals surface area contributed by atoms with Crippen LogP contribution in [-0.4, -0.2) is 73.8 Å². The van der Waals surface area contributed by atoms with E-state index < -0.39 is 0 Å². The molecule has 0 radical (unpaired) electrons. The van der Waals surface area contributed by atoms with Gasteiger partial charge in [0.2, 0.25) is 0 Å². The number of H-pyrrole nitrogens is 1. The van der Waals surface area contributed by atoms with E-state index in [-0.39, 0.29) is 12.0 Å². The van der Waals surface area contributed by atoms with Crippen LogP contribution < -0.4 is 5.56 Å². The molecule has 8 nitrogen and oxygen atoms in total. The maximum atomic E-state index is 13.3. The first-order valence-corrected chi connectivity index (χ1v) is 12.5. The van der Waals surface area contributed by atoms with Gasteiger partial charge in [-0.1, -0.05) is 6.07 Å². The van der Waals surface area contributed by atoms with Crippen LogP contribution >= 0.6 is 11.8 Å². The third kappa shape index (κ3) is 5.27. The van der Waals surface area contributed by atoms with Crippen molar-refractivity contribution in [1.82, 2.24) is 24.6 Å². The highest BCUT2D eigenvalue weighted by atomic mass is 32.2. The normalized spacial score (nSPS) is 23.3. The Hall–Kier alpha value is -2.10. The van der Waals surface area contributed by atoms with Crippen LogP contribution in [0.4, 0.5) is 0 Å². The summed E-state index contributed by atoms with van der Waals surface area (Å²) >= 11 is 2.10. The number of rotatable bonds is 5. The molecule has 5 heterocycles. The summed E-state index contributed by atoms with van der Waals surface area (Å²) in [6, 6.07) is 7.06. The van der Waals surface area contributed by atoms with Crippen molar-refractivity contribution in [2.75, 3.05) is 31.6 Å². The highest BCUT2D eigenvalue weighted by Gasteiger charge is 2.37. The number of nitrogens with one attached hydrogen (secondary N) is 1. The fourth-order valence-electron chi connectivity index (χ4n) is 5.51. The highest BCUT2D eigenvalue weighted by Crippen LogP contribution is 2.37.